The highest BCUT2D eigenvalue weighted by molar-refractivity contribution is 9.12. The van der Waals surface area contributed by atoms with Gasteiger partial charge in [0.25, 0.3) is 0 Å². The van der Waals surface area contributed by atoms with Crippen molar-refractivity contribution in [3.05, 3.63) is 54.6 Å². The Morgan fingerprint density at radius 2 is 1.89 bits per heavy atom. The molecule has 102 valence electrons. The van der Waals surface area contributed by atoms with Crippen LogP contribution in [-0.4, -0.2) is 7.05 Å². The lowest BCUT2D eigenvalue weighted by Gasteiger charge is -2.16. The number of hydrogen-bond acceptors (Lipinski definition) is 2. The van der Waals surface area contributed by atoms with Gasteiger partial charge >= 0.3 is 0 Å². The van der Waals surface area contributed by atoms with Gasteiger partial charge in [-0.15, -0.1) is 11.3 Å². The summed E-state index contributed by atoms with van der Waals surface area (Å²) in [4.78, 5) is 0. The molecule has 0 saturated heterocycles. The van der Waals surface area contributed by atoms with Crippen molar-refractivity contribution in [1.82, 2.24) is 5.32 Å². The molecule has 0 aliphatic rings. The van der Waals surface area contributed by atoms with Crippen LogP contribution in [-0.2, 0) is 6.42 Å². The zero-order chi connectivity index (χ0) is 14.0. The van der Waals surface area contributed by atoms with Crippen molar-refractivity contribution in [3.8, 4) is 0 Å². The Kier molecular flexibility index (Phi) is 5.11. The molecule has 1 aromatic carbocycles. The van der Waals surface area contributed by atoms with Gasteiger partial charge in [-0.25, -0.2) is 8.78 Å². The molecule has 0 bridgehead atoms. The van der Waals surface area contributed by atoms with E-state index in [9.17, 15) is 8.78 Å². The van der Waals surface area contributed by atoms with Crippen molar-refractivity contribution < 1.29 is 8.78 Å². The molecule has 0 saturated carbocycles. The van der Waals surface area contributed by atoms with E-state index in [0.717, 1.165) is 13.1 Å². The van der Waals surface area contributed by atoms with E-state index in [2.05, 4.69) is 37.2 Å². The van der Waals surface area contributed by atoms with Crippen molar-refractivity contribution in [1.29, 1.82) is 0 Å². The largest absolute Gasteiger partial charge is 0.313 e. The average Bonchev–Trinajstić information content (AvgIpc) is 2.68. The number of rotatable bonds is 4. The first-order valence-electron chi connectivity index (χ1n) is 5.57. The third kappa shape index (κ3) is 3.42. The van der Waals surface area contributed by atoms with E-state index in [-0.39, 0.29) is 18.0 Å². The van der Waals surface area contributed by atoms with E-state index in [1.165, 1.54) is 29.5 Å². The lowest BCUT2D eigenvalue weighted by Crippen LogP contribution is -2.19. The molecule has 1 aromatic heterocycles. The number of hydrogen-bond donors (Lipinski definition) is 1. The quantitative estimate of drug-likeness (QED) is 0.743. The first kappa shape index (κ1) is 15.1. The van der Waals surface area contributed by atoms with Crippen LogP contribution in [0.2, 0.25) is 0 Å². The van der Waals surface area contributed by atoms with E-state index in [4.69, 9.17) is 0 Å². The molecule has 1 unspecified atom stereocenters. The molecule has 0 spiro atoms. The molecule has 6 heteroatoms. The summed E-state index contributed by atoms with van der Waals surface area (Å²) in [5.41, 5.74) is 1.10. The van der Waals surface area contributed by atoms with E-state index in [1.54, 1.807) is 7.05 Å². The standard InChI is InChI=1S/C13H11Br2F2NS/c1-18-11(8-6-12(14)19-13(8)15)5-7-9(16)3-2-4-10(7)17/h2-4,6,11,18H,5H2,1H3. The Hall–Kier alpha value is -0.300. The van der Waals surface area contributed by atoms with Gasteiger partial charge in [0.2, 0.25) is 0 Å². The second-order valence-electron chi connectivity index (χ2n) is 4.03. The maximum atomic E-state index is 13.7. The number of thiophene rings is 1. The summed E-state index contributed by atoms with van der Waals surface area (Å²) in [5.74, 6) is -1.02. The van der Waals surface area contributed by atoms with Crippen LogP contribution in [0.5, 0.6) is 0 Å². The zero-order valence-electron chi connectivity index (χ0n) is 10.0. The van der Waals surface area contributed by atoms with Crippen LogP contribution < -0.4 is 5.32 Å². The highest BCUT2D eigenvalue weighted by Gasteiger charge is 2.19. The van der Waals surface area contributed by atoms with Crippen molar-refractivity contribution in [2.45, 2.75) is 12.5 Å². The zero-order valence-corrected chi connectivity index (χ0v) is 14.0. The molecule has 1 atom stereocenters. The lowest BCUT2D eigenvalue weighted by atomic mass is 10.0. The van der Waals surface area contributed by atoms with E-state index < -0.39 is 11.6 Å². The summed E-state index contributed by atoms with van der Waals surface area (Å²) in [5, 5.41) is 3.10. The fraction of sp³-hybridized carbons (Fsp3) is 0.231. The second-order valence-corrected chi connectivity index (χ2v) is 7.77. The minimum atomic E-state index is -0.509. The van der Waals surface area contributed by atoms with Crippen LogP contribution in [0, 0.1) is 11.6 Å². The smallest absolute Gasteiger partial charge is 0.129 e. The van der Waals surface area contributed by atoms with Crippen LogP contribution in [0.3, 0.4) is 0 Å². The van der Waals surface area contributed by atoms with Crippen LogP contribution in [0.4, 0.5) is 8.78 Å². The van der Waals surface area contributed by atoms with Gasteiger partial charge in [-0.3, -0.25) is 0 Å². The molecule has 1 heterocycles. The van der Waals surface area contributed by atoms with Gasteiger partial charge in [0.1, 0.15) is 11.6 Å². The van der Waals surface area contributed by atoms with Gasteiger partial charge in [0.15, 0.2) is 0 Å². The van der Waals surface area contributed by atoms with Crippen molar-refractivity contribution in [2.75, 3.05) is 7.05 Å². The minimum absolute atomic E-state index is 0.107. The minimum Gasteiger partial charge on any atom is -0.313 e. The lowest BCUT2D eigenvalue weighted by molar-refractivity contribution is 0.515. The maximum absolute atomic E-state index is 13.7. The summed E-state index contributed by atoms with van der Waals surface area (Å²) >= 11 is 8.42. The van der Waals surface area contributed by atoms with E-state index in [0.29, 0.717) is 0 Å². The van der Waals surface area contributed by atoms with Crippen molar-refractivity contribution in [3.63, 3.8) is 0 Å². The molecule has 19 heavy (non-hydrogen) atoms. The van der Waals surface area contributed by atoms with Gasteiger partial charge in [0, 0.05) is 11.6 Å². The first-order valence-corrected chi connectivity index (χ1v) is 7.98. The molecule has 0 fully saturated rings. The topological polar surface area (TPSA) is 12.0 Å². The molecule has 0 aliphatic carbocycles. The Morgan fingerprint density at radius 3 is 2.37 bits per heavy atom. The van der Waals surface area contributed by atoms with Crippen LogP contribution in [0.25, 0.3) is 0 Å². The molecule has 0 aliphatic heterocycles. The van der Waals surface area contributed by atoms with Crippen LogP contribution >= 0.6 is 43.2 Å². The van der Waals surface area contributed by atoms with Gasteiger partial charge in [-0.2, -0.15) is 0 Å². The summed E-state index contributed by atoms with van der Waals surface area (Å²) < 4.78 is 29.3. The molecular formula is C13H11Br2F2NS. The predicted octanol–water partition coefficient (Wildman–Crippen LogP) is 5.05. The third-order valence-corrected chi connectivity index (χ3v) is 5.26. The van der Waals surface area contributed by atoms with E-state index in [1.807, 2.05) is 6.07 Å². The van der Waals surface area contributed by atoms with Crippen molar-refractivity contribution in [2.24, 2.45) is 0 Å². The molecular weight excluding hydrogens is 400 g/mol. The predicted molar refractivity (Wildman–Crippen MR) is 81.6 cm³/mol. The fourth-order valence-corrected chi connectivity index (χ4v) is 4.86. The third-order valence-electron chi connectivity index (χ3n) is 2.88. The second kappa shape index (κ2) is 6.43. The Balaban J connectivity index is 2.32. The SMILES string of the molecule is CNC(Cc1c(F)cccc1F)c1cc(Br)sc1Br. The summed E-state index contributed by atoms with van der Waals surface area (Å²) in [6.07, 6.45) is 0.261. The monoisotopic (exact) mass is 409 g/mol. The molecule has 2 rings (SSSR count). The van der Waals surface area contributed by atoms with E-state index >= 15 is 0 Å². The molecule has 2 aromatic rings. The average molecular weight is 411 g/mol. The van der Waals surface area contributed by atoms with Gasteiger partial charge < -0.3 is 5.32 Å². The normalized spacial score (nSPS) is 12.7. The maximum Gasteiger partial charge on any atom is 0.129 e. The summed E-state index contributed by atoms with van der Waals surface area (Å²) in [6.45, 7) is 0. The van der Waals surface area contributed by atoms with Crippen LogP contribution in [0.1, 0.15) is 17.2 Å². The number of halogens is 4. The molecule has 0 radical (unpaired) electrons. The number of nitrogens with one attached hydrogen (secondary N) is 1. The van der Waals surface area contributed by atoms with Gasteiger partial charge in [-0.1, -0.05) is 6.07 Å². The first-order chi connectivity index (χ1) is 9.02. The van der Waals surface area contributed by atoms with Crippen molar-refractivity contribution >= 4 is 43.2 Å². The molecule has 0 amide bonds. The Morgan fingerprint density at radius 1 is 1.26 bits per heavy atom. The molecule has 1 N–H and O–H groups in total. The highest BCUT2D eigenvalue weighted by atomic mass is 79.9. The van der Waals surface area contributed by atoms with Gasteiger partial charge in [0.05, 0.1) is 7.57 Å². The Labute approximate surface area is 131 Å². The Bertz CT molecular complexity index is 566. The van der Waals surface area contributed by atoms with Gasteiger partial charge in [-0.05, 0) is 69.1 Å². The summed E-state index contributed by atoms with van der Waals surface area (Å²) in [7, 11) is 1.78. The number of likely N-dealkylation sites (N-methyl/N-ethyl adjacent to an activating group) is 1. The van der Waals surface area contributed by atoms with Crippen LogP contribution in [0.15, 0.2) is 31.8 Å². The highest BCUT2D eigenvalue weighted by Crippen LogP contribution is 2.36. The molecule has 1 nitrogen and oxygen atoms in total. The summed E-state index contributed by atoms with van der Waals surface area (Å²) in [6, 6.07) is 5.74. The number of benzene rings is 1. The fourth-order valence-electron chi connectivity index (χ4n) is 1.89.